The standard InChI is InChI=1S/C50H32N2O/c1-3-10-33(11-4-1)43-30-44(52-50(51-43)37-12-5-2-6-13-37)41-29-28-39(49-48(41)42-16-7-8-17-45(42)53-49)32-20-18-31(19-21-32)38-26-24-36-23-22-34-14-9-15-35-25-27-40(38)47(36)46(34)35/h1-30,46-47H. The summed E-state index contributed by atoms with van der Waals surface area (Å²) in [5, 5.41) is 2.12. The highest BCUT2D eigenvalue weighted by Crippen LogP contribution is 2.51. The average Bonchev–Trinajstić information content (AvgIpc) is 3.63. The van der Waals surface area contributed by atoms with E-state index in [-0.39, 0.29) is 0 Å². The molecule has 4 aliphatic rings. The summed E-state index contributed by atoms with van der Waals surface area (Å²) in [4.78, 5) is 10.2. The number of para-hydroxylation sites is 1. The van der Waals surface area contributed by atoms with Crippen LogP contribution >= 0.6 is 0 Å². The third-order valence-electron chi connectivity index (χ3n) is 11.1. The largest absolute Gasteiger partial charge is 0.455 e. The van der Waals surface area contributed by atoms with Crippen LogP contribution in [0.2, 0.25) is 0 Å². The molecule has 2 unspecified atom stereocenters. The zero-order valence-electron chi connectivity index (χ0n) is 28.8. The Morgan fingerprint density at radius 3 is 1.96 bits per heavy atom. The maximum Gasteiger partial charge on any atom is 0.160 e. The highest BCUT2D eigenvalue weighted by molar-refractivity contribution is 6.16. The van der Waals surface area contributed by atoms with Gasteiger partial charge in [0.25, 0.3) is 0 Å². The Morgan fingerprint density at radius 1 is 0.472 bits per heavy atom. The first-order valence-electron chi connectivity index (χ1n) is 18.2. The van der Waals surface area contributed by atoms with Gasteiger partial charge in [-0.1, -0.05) is 164 Å². The summed E-state index contributed by atoms with van der Waals surface area (Å²) >= 11 is 0. The number of allylic oxidation sites excluding steroid dienone is 14. The molecule has 0 saturated carbocycles. The Bertz CT molecular complexity index is 2800. The van der Waals surface area contributed by atoms with Gasteiger partial charge in [0.1, 0.15) is 11.2 Å². The van der Waals surface area contributed by atoms with E-state index in [4.69, 9.17) is 14.4 Å². The summed E-state index contributed by atoms with van der Waals surface area (Å²) in [6, 6.07) is 44.3. The number of rotatable bonds is 5. The fourth-order valence-electron chi connectivity index (χ4n) is 8.62. The van der Waals surface area contributed by atoms with Gasteiger partial charge in [-0.3, -0.25) is 0 Å². The van der Waals surface area contributed by atoms with Crippen molar-refractivity contribution in [2.45, 2.75) is 0 Å². The van der Waals surface area contributed by atoms with Crippen molar-refractivity contribution in [2.24, 2.45) is 11.8 Å². The van der Waals surface area contributed by atoms with E-state index in [9.17, 15) is 0 Å². The zero-order chi connectivity index (χ0) is 34.9. The number of nitrogens with zero attached hydrogens (tertiary/aromatic N) is 2. The predicted molar refractivity (Wildman–Crippen MR) is 217 cm³/mol. The van der Waals surface area contributed by atoms with Crippen LogP contribution in [0.25, 0.3) is 72.5 Å². The fraction of sp³-hybridized carbons (Fsp3) is 0.0400. The van der Waals surface area contributed by atoms with Gasteiger partial charge in [0.05, 0.1) is 11.4 Å². The minimum absolute atomic E-state index is 0.352. The van der Waals surface area contributed by atoms with Gasteiger partial charge in [-0.25, -0.2) is 9.97 Å². The Morgan fingerprint density at radius 2 is 1.13 bits per heavy atom. The molecule has 0 N–H and O–H groups in total. The molecule has 4 aliphatic carbocycles. The molecule has 0 amide bonds. The lowest BCUT2D eigenvalue weighted by Gasteiger charge is -2.40. The smallest absolute Gasteiger partial charge is 0.160 e. The number of aromatic nitrogens is 2. The summed E-state index contributed by atoms with van der Waals surface area (Å²) in [5.74, 6) is 1.43. The minimum atomic E-state index is 0.352. The third-order valence-corrected chi connectivity index (χ3v) is 11.1. The van der Waals surface area contributed by atoms with Crippen molar-refractivity contribution in [2.75, 3.05) is 0 Å². The molecule has 53 heavy (non-hydrogen) atoms. The number of benzene rings is 5. The molecule has 0 saturated heterocycles. The Hall–Kier alpha value is -6.84. The van der Waals surface area contributed by atoms with Crippen molar-refractivity contribution < 1.29 is 4.42 Å². The van der Waals surface area contributed by atoms with Crippen LogP contribution in [-0.2, 0) is 0 Å². The van der Waals surface area contributed by atoms with E-state index in [1.807, 2.05) is 42.5 Å². The summed E-state index contributed by atoms with van der Waals surface area (Å²) < 4.78 is 6.73. The zero-order valence-corrected chi connectivity index (χ0v) is 28.8. The van der Waals surface area contributed by atoms with E-state index in [0.717, 1.165) is 61.1 Å². The maximum absolute atomic E-state index is 6.73. The van der Waals surface area contributed by atoms with Crippen LogP contribution in [0.3, 0.4) is 0 Å². The van der Waals surface area contributed by atoms with Gasteiger partial charge in [0.2, 0.25) is 0 Å². The van der Waals surface area contributed by atoms with Crippen LogP contribution in [0.4, 0.5) is 0 Å². The molecule has 2 aromatic heterocycles. The van der Waals surface area contributed by atoms with E-state index < -0.39 is 0 Å². The fourth-order valence-corrected chi connectivity index (χ4v) is 8.62. The SMILES string of the molecule is C1=CC2=CC=C3C=CC(c4ccc(-c5ccc(-c6cc(-c7ccccc7)nc(-c7ccccc7)n6)c6c5oc5ccccc56)cc4)=C4C=CC(=C1)C2C34. The van der Waals surface area contributed by atoms with Crippen molar-refractivity contribution in [3.05, 3.63) is 210 Å². The minimum Gasteiger partial charge on any atom is -0.455 e. The molecule has 0 spiro atoms. The Balaban J connectivity index is 1.04. The summed E-state index contributed by atoms with van der Waals surface area (Å²) in [6.45, 7) is 0. The quantitative estimate of drug-likeness (QED) is 0.182. The van der Waals surface area contributed by atoms with Crippen LogP contribution < -0.4 is 0 Å². The molecule has 11 rings (SSSR count). The normalized spacial score (nSPS) is 18.2. The van der Waals surface area contributed by atoms with Gasteiger partial charge in [0, 0.05) is 44.9 Å². The molecule has 0 radical (unpaired) electrons. The lowest BCUT2D eigenvalue weighted by molar-refractivity contribution is 0.566. The first kappa shape index (κ1) is 29.8. The number of hydrogen-bond acceptors (Lipinski definition) is 3. The second-order valence-electron chi connectivity index (χ2n) is 14.1. The molecule has 2 atom stereocenters. The van der Waals surface area contributed by atoms with E-state index in [1.54, 1.807) is 0 Å². The topological polar surface area (TPSA) is 38.9 Å². The molecular weight excluding hydrogens is 645 g/mol. The second-order valence-corrected chi connectivity index (χ2v) is 14.1. The number of furan rings is 1. The average molecular weight is 677 g/mol. The molecular formula is C50H32N2O. The van der Waals surface area contributed by atoms with Crippen molar-refractivity contribution in [3.63, 3.8) is 0 Å². The van der Waals surface area contributed by atoms with Crippen LogP contribution in [0, 0.1) is 11.8 Å². The highest BCUT2D eigenvalue weighted by atomic mass is 16.3. The maximum atomic E-state index is 6.73. The van der Waals surface area contributed by atoms with Gasteiger partial charge in [-0.15, -0.1) is 0 Å². The first-order valence-corrected chi connectivity index (χ1v) is 18.2. The van der Waals surface area contributed by atoms with Crippen molar-refractivity contribution in [1.82, 2.24) is 9.97 Å². The highest BCUT2D eigenvalue weighted by Gasteiger charge is 2.38. The summed E-state index contributed by atoms with van der Waals surface area (Å²) in [6.07, 6.45) is 20.6. The molecule has 3 nitrogen and oxygen atoms in total. The van der Waals surface area contributed by atoms with E-state index >= 15 is 0 Å². The second kappa shape index (κ2) is 11.9. The summed E-state index contributed by atoms with van der Waals surface area (Å²) in [5.41, 5.74) is 16.7. The van der Waals surface area contributed by atoms with Crippen molar-refractivity contribution in [1.29, 1.82) is 0 Å². The molecule has 5 aromatic carbocycles. The van der Waals surface area contributed by atoms with E-state index in [1.165, 1.54) is 33.4 Å². The Labute approximate surface area is 307 Å². The van der Waals surface area contributed by atoms with Gasteiger partial charge in [-0.05, 0) is 57.2 Å². The van der Waals surface area contributed by atoms with Gasteiger partial charge < -0.3 is 4.42 Å². The Kier molecular flexibility index (Phi) is 6.68. The molecule has 2 heterocycles. The molecule has 0 fully saturated rings. The van der Waals surface area contributed by atoms with Gasteiger partial charge in [0.15, 0.2) is 5.82 Å². The number of hydrogen-bond donors (Lipinski definition) is 0. The van der Waals surface area contributed by atoms with E-state index in [0.29, 0.717) is 17.7 Å². The van der Waals surface area contributed by atoms with Gasteiger partial charge in [-0.2, -0.15) is 0 Å². The van der Waals surface area contributed by atoms with E-state index in [2.05, 4.69) is 140 Å². The predicted octanol–water partition coefficient (Wildman–Crippen LogP) is 12.5. The van der Waals surface area contributed by atoms with Crippen LogP contribution in [0.15, 0.2) is 209 Å². The molecule has 7 aromatic rings. The summed E-state index contributed by atoms with van der Waals surface area (Å²) in [7, 11) is 0. The molecule has 248 valence electrons. The molecule has 3 heteroatoms. The number of fused-ring (bicyclic) bond motifs is 3. The molecule has 0 aliphatic heterocycles. The lowest BCUT2D eigenvalue weighted by atomic mass is 9.63. The molecule has 0 bridgehead atoms. The first-order chi connectivity index (χ1) is 26.3. The van der Waals surface area contributed by atoms with Crippen molar-refractivity contribution in [3.8, 4) is 45.0 Å². The van der Waals surface area contributed by atoms with Crippen molar-refractivity contribution >= 4 is 27.5 Å². The monoisotopic (exact) mass is 676 g/mol. The lowest BCUT2D eigenvalue weighted by Crippen LogP contribution is -2.29. The van der Waals surface area contributed by atoms with Crippen LogP contribution in [0.5, 0.6) is 0 Å². The van der Waals surface area contributed by atoms with Gasteiger partial charge >= 0.3 is 0 Å². The third kappa shape index (κ3) is 4.82. The van der Waals surface area contributed by atoms with Crippen LogP contribution in [0.1, 0.15) is 5.56 Å². The van der Waals surface area contributed by atoms with Crippen LogP contribution in [-0.4, -0.2) is 9.97 Å².